The molecule has 0 saturated carbocycles. The summed E-state index contributed by atoms with van der Waals surface area (Å²) in [5.41, 5.74) is 2.85. The first-order valence-corrected chi connectivity index (χ1v) is 16.0. The third-order valence-electron chi connectivity index (χ3n) is 8.31. The van der Waals surface area contributed by atoms with E-state index in [1.165, 1.54) is 0 Å². The Balaban J connectivity index is 1.21. The second-order valence-electron chi connectivity index (χ2n) is 11.7. The minimum absolute atomic E-state index is 0.0803. The Morgan fingerprint density at radius 1 is 1.00 bits per heavy atom. The molecular weight excluding hydrogens is 604 g/mol. The van der Waals surface area contributed by atoms with E-state index in [4.69, 9.17) is 23.7 Å². The molecule has 6 rings (SSSR count). The van der Waals surface area contributed by atoms with E-state index < -0.39 is 6.10 Å². The van der Waals surface area contributed by atoms with Gasteiger partial charge in [0.05, 0.1) is 32.0 Å². The predicted molar refractivity (Wildman–Crippen MR) is 172 cm³/mol. The normalized spacial score (nSPS) is 20.0. The summed E-state index contributed by atoms with van der Waals surface area (Å²) in [6, 6.07) is 17.3. The standard InChI is InChI=1S/C35H40N4O8/c1-43-14-15-44-28-18-26-19-29(20-28)47-27-6-2-4-23(16-27)22-46-32-21-39(12-9-30(32)38-35(42)37-11-10-36-33(26)40)34(41)25-7-8-31-24(17-25)5-3-13-45-31/h2,4,6-8,16-20,30,32H,3,5,9-15,21-22H2,1H3,(H,36,40)(H2,37,38,42)/t30-,32-/m0/s1. The lowest BCUT2D eigenvalue weighted by Gasteiger charge is -2.39. The van der Waals surface area contributed by atoms with Crippen LogP contribution in [-0.2, 0) is 22.5 Å². The quantitative estimate of drug-likeness (QED) is 0.358. The summed E-state index contributed by atoms with van der Waals surface area (Å²) < 4.78 is 29.2. The molecule has 0 unspecified atom stereocenters. The van der Waals surface area contributed by atoms with Crippen LogP contribution in [0.15, 0.2) is 60.7 Å². The van der Waals surface area contributed by atoms with Crippen LogP contribution in [0.2, 0.25) is 0 Å². The SMILES string of the molecule is COCCOc1cc2cc(c1)C(=O)NCCNC(=O)N[C@H]1CCN(C(=O)c3ccc4c(c3)CCCO4)C[C@@H]1OCc1cccc(c1)O2. The fourth-order valence-electron chi connectivity index (χ4n) is 5.91. The highest BCUT2D eigenvalue weighted by Gasteiger charge is 2.34. The molecule has 0 spiro atoms. The summed E-state index contributed by atoms with van der Waals surface area (Å²) in [5.74, 6) is 1.87. The third kappa shape index (κ3) is 8.32. The molecule has 3 N–H and O–H groups in total. The number of aryl methyl sites for hydroxylation is 1. The number of hydrogen-bond donors (Lipinski definition) is 3. The van der Waals surface area contributed by atoms with Gasteiger partial charge >= 0.3 is 6.03 Å². The van der Waals surface area contributed by atoms with Gasteiger partial charge in [-0.05, 0) is 72.9 Å². The lowest BCUT2D eigenvalue weighted by atomic mass is 9.99. The number of nitrogens with zero attached hydrogens (tertiary/aromatic N) is 1. The molecule has 2 atom stereocenters. The number of fused-ring (bicyclic) bond motifs is 6. The van der Waals surface area contributed by atoms with Crippen molar-refractivity contribution in [3.05, 3.63) is 82.9 Å². The van der Waals surface area contributed by atoms with Crippen molar-refractivity contribution in [3.63, 3.8) is 0 Å². The molecule has 3 aliphatic heterocycles. The molecule has 1 saturated heterocycles. The number of piperidine rings is 1. The molecule has 1 fully saturated rings. The Bertz CT molecular complexity index is 1600. The first-order chi connectivity index (χ1) is 22.9. The summed E-state index contributed by atoms with van der Waals surface area (Å²) in [6.45, 7) is 2.80. The first kappa shape index (κ1) is 32.1. The maximum Gasteiger partial charge on any atom is 0.315 e. The van der Waals surface area contributed by atoms with Gasteiger partial charge in [-0.25, -0.2) is 4.79 Å². The first-order valence-electron chi connectivity index (χ1n) is 16.0. The van der Waals surface area contributed by atoms with Crippen LogP contribution in [0.1, 0.15) is 44.7 Å². The van der Waals surface area contributed by atoms with Crippen LogP contribution >= 0.6 is 0 Å². The van der Waals surface area contributed by atoms with Crippen molar-refractivity contribution < 1.29 is 38.1 Å². The van der Waals surface area contributed by atoms with E-state index in [1.807, 2.05) is 42.5 Å². The van der Waals surface area contributed by atoms with Crippen LogP contribution in [0.3, 0.4) is 0 Å². The van der Waals surface area contributed by atoms with E-state index in [9.17, 15) is 14.4 Å². The van der Waals surface area contributed by atoms with Crippen LogP contribution in [0.4, 0.5) is 4.79 Å². The second-order valence-corrected chi connectivity index (χ2v) is 11.7. The molecule has 3 aromatic carbocycles. The smallest absolute Gasteiger partial charge is 0.315 e. The molecule has 12 nitrogen and oxygen atoms in total. The molecule has 12 heteroatoms. The second kappa shape index (κ2) is 15.2. The number of nitrogens with one attached hydrogen (secondary N) is 3. The van der Waals surface area contributed by atoms with Gasteiger partial charge in [-0.2, -0.15) is 0 Å². The Morgan fingerprint density at radius 2 is 1.89 bits per heavy atom. The Hall–Kier alpha value is -4.81. The van der Waals surface area contributed by atoms with Crippen LogP contribution < -0.4 is 30.2 Å². The highest BCUT2D eigenvalue weighted by atomic mass is 16.5. The number of amides is 4. The Morgan fingerprint density at radius 3 is 2.79 bits per heavy atom. The average molecular weight is 645 g/mol. The van der Waals surface area contributed by atoms with Crippen molar-refractivity contribution in [1.82, 2.24) is 20.9 Å². The molecule has 4 amide bonds. The average Bonchev–Trinajstić information content (AvgIpc) is 3.09. The van der Waals surface area contributed by atoms with Crippen LogP contribution in [0.5, 0.6) is 23.0 Å². The van der Waals surface area contributed by atoms with Crippen molar-refractivity contribution in [2.75, 3.05) is 53.1 Å². The molecule has 4 bridgehead atoms. The van der Waals surface area contributed by atoms with Gasteiger partial charge < -0.3 is 44.5 Å². The van der Waals surface area contributed by atoms with Gasteiger partial charge in [0.2, 0.25) is 0 Å². The van der Waals surface area contributed by atoms with Crippen molar-refractivity contribution in [2.45, 2.75) is 38.0 Å². The van der Waals surface area contributed by atoms with E-state index in [1.54, 1.807) is 30.2 Å². The zero-order valence-electron chi connectivity index (χ0n) is 26.4. The van der Waals surface area contributed by atoms with E-state index in [0.29, 0.717) is 67.7 Å². The van der Waals surface area contributed by atoms with Gasteiger partial charge in [0.1, 0.15) is 29.6 Å². The number of methoxy groups -OCH3 is 1. The predicted octanol–water partition coefficient (Wildman–Crippen LogP) is 3.67. The zero-order valence-corrected chi connectivity index (χ0v) is 26.4. The highest BCUT2D eigenvalue weighted by Crippen LogP contribution is 2.30. The van der Waals surface area contributed by atoms with Gasteiger partial charge in [0, 0.05) is 50.5 Å². The van der Waals surface area contributed by atoms with Gasteiger partial charge in [-0.1, -0.05) is 12.1 Å². The molecule has 0 aromatic heterocycles. The lowest BCUT2D eigenvalue weighted by Crippen LogP contribution is -2.58. The van der Waals surface area contributed by atoms with Gasteiger partial charge in [-0.15, -0.1) is 0 Å². The largest absolute Gasteiger partial charge is 0.493 e. The number of rotatable bonds is 5. The van der Waals surface area contributed by atoms with Gasteiger partial charge in [0.25, 0.3) is 11.8 Å². The molecule has 3 aromatic rings. The summed E-state index contributed by atoms with van der Waals surface area (Å²) in [7, 11) is 1.59. The summed E-state index contributed by atoms with van der Waals surface area (Å²) in [5, 5.41) is 8.67. The van der Waals surface area contributed by atoms with Crippen LogP contribution in [-0.4, -0.2) is 88.0 Å². The third-order valence-corrected chi connectivity index (χ3v) is 8.31. The van der Waals surface area contributed by atoms with Crippen LogP contribution in [0, 0.1) is 0 Å². The zero-order chi connectivity index (χ0) is 32.6. The fourth-order valence-corrected chi connectivity index (χ4v) is 5.91. The van der Waals surface area contributed by atoms with Crippen molar-refractivity contribution in [1.29, 1.82) is 0 Å². The molecule has 3 heterocycles. The van der Waals surface area contributed by atoms with E-state index in [0.717, 1.165) is 29.7 Å². The van der Waals surface area contributed by atoms with Crippen molar-refractivity contribution in [3.8, 4) is 23.0 Å². The molecule has 0 radical (unpaired) electrons. The van der Waals surface area contributed by atoms with Crippen LogP contribution in [0.25, 0.3) is 0 Å². The van der Waals surface area contributed by atoms with Gasteiger partial charge in [0.15, 0.2) is 0 Å². The molecule has 248 valence electrons. The summed E-state index contributed by atoms with van der Waals surface area (Å²) >= 11 is 0. The summed E-state index contributed by atoms with van der Waals surface area (Å²) in [4.78, 5) is 41.3. The number of carbonyl (C=O) groups is 3. The topological polar surface area (TPSA) is 137 Å². The monoisotopic (exact) mass is 644 g/mol. The Labute approximate surface area is 273 Å². The molecule has 0 aliphatic carbocycles. The van der Waals surface area contributed by atoms with E-state index in [2.05, 4.69) is 16.0 Å². The number of likely N-dealkylation sites (tertiary alicyclic amines) is 1. The molecular formula is C35H40N4O8. The minimum atomic E-state index is -0.467. The minimum Gasteiger partial charge on any atom is -0.493 e. The van der Waals surface area contributed by atoms with Crippen molar-refractivity contribution in [2.24, 2.45) is 0 Å². The lowest BCUT2D eigenvalue weighted by molar-refractivity contribution is -0.0235. The maximum atomic E-state index is 13.6. The van der Waals surface area contributed by atoms with E-state index in [-0.39, 0.29) is 43.6 Å². The Kier molecular flexibility index (Phi) is 10.4. The molecule has 47 heavy (non-hydrogen) atoms. The fraction of sp³-hybridized carbons (Fsp3) is 0.400. The highest BCUT2D eigenvalue weighted by molar-refractivity contribution is 5.95. The number of carbonyl (C=O) groups excluding carboxylic acids is 3. The van der Waals surface area contributed by atoms with E-state index >= 15 is 0 Å². The van der Waals surface area contributed by atoms with Gasteiger partial charge in [-0.3, -0.25) is 9.59 Å². The summed E-state index contributed by atoms with van der Waals surface area (Å²) in [6.07, 6.45) is 1.85. The maximum absolute atomic E-state index is 13.6. The molecule has 3 aliphatic rings. The number of benzene rings is 3. The number of urea groups is 1. The number of ether oxygens (including phenoxy) is 5. The number of hydrogen-bond acceptors (Lipinski definition) is 8. The van der Waals surface area contributed by atoms with Crippen molar-refractivity contribution >= 4 is 17.8 Å².